The summed E-state index contributed by atoms with van der Waals surface area (Å²) >= 11 is 0. The van der Waals surface area contributed by atoms with Crippen LogP contribution in [0.15, 0.2) is 4.99 Å². The molecule has 0 aromatic rings. The van der Waals surface area contributed by atoms with Gasteiger partial charge in [-0.3, -0.25) is 5.43 Å². The fraction of sp³-hybridized carbons (Fsp3) is 0.929. The molecule has 4 heteroatoms. The number of guanidine groups is 1. The van der Waals surface area contributed by atoms with Crippen molar-refractivity contribution in [1.82, 2.24) is 10.3 Å². The summed E-state index contributed by atoms with van der Waals surface area (Å²) in [6, 6.07) is 0.899. The van der Waals surface area contributed by atoms with E-state index in [2.05, 4.69) is 43.0 Å². The van der Waals surface area contributed by atoms with Gasteiger partial charge in [-0.2, -0.15) is 0 Å². The standard InChI is InChI=1S/C14H30N4/c1-11(2)9-10-18(13-7-5-6-8-13)14(17-15)16-12(3)4/h11-13H,5-10,15H2,1-4H3,(H,16,17). The van der Waals surface area contributed by atoms with E-state index in [0.29, 0.717) is 12.0 Å². The lowest BCUT2D eigenvalue weighted by molar-refractivity contribution is 0.285. The van der Waals surface area contributed by atoms with E-state index in [-0.39, 0.29) is 6.04 Å². The summed E-state index contributed by atoms with van der Waals surface area (Å²) in [4.78, 5) is 7.02. The highest BCUT2D eigenvalue weighted by molar-refractivity contribution is 5.79. The summed E-state index contributed by atoms with van der Waals surface area (Å²) in [6.07, 6.45) is 6.41. The number of hydrazine groups is 1. The zero-order valence-corrected chi connectivity index (χ0v) is 12.4. The van der Waals surface area contributed by atoms with Crippen LogP contribution in [0.5, 0.6) is 0 Å². The second kappa shape index (κ2) is 7.62. The maximum absolute atomic E-state index is 5.67. The SMILES string of the molecule is CC(C)CCN(C(=NC(C)C)NN)C1CCCC1. The van der Waals surface area contributed by atoms with Gasteiger partial charge in [0.1, 0.15) is 0 Å². The first kappa shape index (κ1) is 15.3. The molecular formula is C14H30N4. The molecule has 0 aromatic heterocycles. The Morgan fingerprint density at radius 2 is 1.89 bits per heavy atom. The van der Waals surface area contributed by atoms with Crippen molar-refractivity contribution in [3.8, 4) is 0 Å². The molecule has 0 unspecified atom stereocenters. The van der Waals surface area contributed by atoms with Gasteiger partial charge in [0.2, 0.25) is 5.96 Å². The molecule has 0 aromatic carbocycles. The van der Waals surface area contributed by atoms with Crippen molar-refractivity contribution in [2.24, 2.45) is 16.8 Å². The number of hydrogen-bond donors (Lipinski definition) is 2. The van der Waals surface area contributed by atoms with Crippen LogP contribution < -0.4 is 11.3 Å². The van der Waals surface area contributed by atoms with E-state index < -0.39 is 0 Å². The Morgan fingerprint density at radius 3 is 2.33 bits per heavy atom. The predicted octanol–water partition coefficient (Wildman–Crippen LogP) is 2.50. The van der Waals surface area contributed by atoms with Gasteiger partial charge in [0, 0.05) is 18.6 Å². The van der Waals surface area contributed by atoms with Gasteiger partial charge in [-0.1, -0.05) is 26.7 Å². The molecule has 0 amide bonds. The van der Waals surface area contributed by atoms with Crippen LogP contribution in [0.2, 0.25) is 0 Å². The number of nitrogens with zero attached hydrogens (tertiary/aromatic N) is 2. The third-order valence-corrected chi connectivity index (χ3v) is 3.49. The molecule has 18 heavy (non-hydrogen) atoms. The van der Waals surface area contributed by atoms with Crippen molar-refractivity contribution < 1.29 is 0 Å². The van der Waals surface area contributed by atoms with Crippen LogP contribution >= 0.6 is 0 Å². The molecule has 1 aliphatic carbocycles. The average Bonchev–Trinajstić information content (AvgIpc) is 2.80. The van der Waals surface area contributed by atoms with Crippen LogP contribution in [0.1, 0.15) is 59.8 Å². The number of hydrogen-bond acceptors (Lipinski definition) is 2. The highest BCUT2D eigenvalue weighted by Gasteiger charge is 2.25. The van der Waals surface area contributed by atoms with Crippen LogP contribution in [0.4, 0.5) is 0 Å². The van der Waals surface area contributed by atoms with Gasteiger partial charge in [-0.25, -0.2) is 10.8 Å². The minimum absolute atomic E-state index is 0.277. The summed E-state index contributed by atoms with van der Waals surface area (Å²) in [6.45, 7) is 9.77. The van der Waals surface area contributed by atoms with Crippen molar-refractivity contribution in [2.75, 3.05) is 6.54 Å². The van der Waals surface area contributed by atoms with Crippen molar-refractivity contribution >= 4 is 5.96 Å². The maximum atomic E-state index is 5.67. The zero-order valence-electron chi connectivity index (χ0n) is 12.4. The van der Waals surface area contributed by atoms with Crippen molar-refractivity contribution in [3.63, 3.8) is 0 Å². The third-order valence-electron chi connectivity index (χ3n) is 3.49. The van der Waals surface area contributed by atoms with E-state index in [1.807, 2.05) is 0 Å². The average molecular weight is 254 g/mol. The summed E-state index contributed by atoms with van der Waals surface area (Å²) in [5.41, 5.74) is 2.81. The smallest absolute Gasteiger partial charge is 0.208 e. The lowest BCUT2D eigenvalue weighted by Gasteiger charge is -2.32. The van der Waals surface area contributed by atoms with E-state index in [0.717, 1.165) is 12.5 Å². The van der Waals surface area contributed by atoms with Crippen molar-refractivity contribution in [3.05, 3.63) is 0 Å². The molecule has 0 atom stereocenters. The second-order valence-corrected chi connectivity index (χ2v) is 6.00. The van der Waals surface area contributed by atoms with Crippen LogP contribution in [-0.4, -0.2) is 29.5 Å². The molecule has 1 rings (SSSR count). The Labute approximate surface area is 112 Å². The first-order chi connectivity index (χ1) is 8.54. The van der Waals surface area contributed by atoms with Crippen LogP contribution in [0.25, 0.3) is 0 Å². The first-order valence-corrected chi connectivity index (χ1v) is 7.35. The van der Waals surface area contributed by atoms with E-state index in [1.165, 1.54) is 32.1 Å². The van der Waals surface area contributed by atoms with Crippen LogP contribution in [-0.2, 0) is 0 Å². The van der Waals surface area contributed by atoms with Crippen molar-refractivity contribution in [1.29, 1.82) is 0 Å². The fourth-order valence-electron chi connectivity index (χ4n) is 2.51. The molecule has 0 bridgehead atoms. The monoisotopic (exact) mass is 254 g/mol. The van der Waals surface area contributed by atoms with E-state index in [9.17, 15) is 0 Å². The van der Waals surface area contributed by atoms with Gasteiger partial charge in [-0.05, 0) is 39.0 Å². The minimum atomic E-state index is 0.277. The molecule has 0 aliphatic heterocycles. The Balaban J connectivity index is 2.73. The molecule has 0 radical (unpaired) electrons. The topological polar surface area (TPSA) is 53.6 Å². The van der Waals surface area contributed by atoms with Gasteiger partial charge in [0.15, 0.2) is 0 Å². The largest absolute Gasteiger partial charge is 0.339 e. The maximum Gasteiger partial charge on any atom is 0.208 e. The number of nitrogens with two attached hydrogens (primary N) is 1. The zero-order chi connectivity index (χ0) is 13.5. The first-order valence-electron chi connectivity index (χ1n) is 7.35. The van der Waals surface area contributed by atoms with Gasteiger partial charge in [0.25, 0.3) is 0 Å². The molecule has 1 fully saturated rings. The Bertz CT molecular complexity index is 255. The molecule has 1 aliphatic rings. The lowest BCUT2D eigenvalue weighted by Crippen LogP contribution is -2.50. The summed E-state index contributed by atoms with van der Waals surface area (Å²) < 4.78 is 0. The number of nitrogens with one attached hydrogen (secondary N) is 1. The lowest BCUT2D eigenvalue weighted by atomic mass is 10.1. The Kier molecular flexibility index (Phi) is 6.47. The Morgan fingerprint density at radius 1 is 1.28 bits per heavy atom. The van der Waals surface area contributed by atoms with E-state index in [1.54, 1.807) is 0 Å². The molecule has 3 N–H and O–H groups in total. The summed E-state index contributed by atoms with van der Waals surface area (Å²) in [5.74, 6) is 7.26. The second-order valence-electron chi connectivity index (χ2n) is 6.00. The van der Waals surface area contributed by atoms with Gasteiger partial charge >= 0.3 is 0 Å². The molecule has 0 spiro atoms. The van der Waals surface area contributed by atoms with Crippen molar-refractivity contribution in [2.45, 2.75) is 71.9 Å². The number of aliphatic imine (C=N–C) groups is 1. The van der Waals surface area contributed by atoms with Gasteiger partial charge < -0.3 is 4.90 Å². The van der Waals surface area contributed by atoms with Crippen LogP contribution in [0, 0.1) is 5.92 Å². The van der Waals surface area contributed by atoms with Gasteiger partial charge in [0.05, 0.1) is 0 Å². The normalized spacial score (nSPS) is 17.8. The third kappa shape index (κ3) is 4.84. The molecule has 0 heterocycles. The highest BCUT2D eigenvalue weighted by Crippen LogP contribution is 2.24. The molecule has 106 valence electrons. The van der Waals surface area contributed by atoms with E-state index in [4.69, 9.17) is 5.84 Å². The van der Waals surface area contributed by atoms with Crippen LogP contribution in [0.3, 0.4) is 0 Å². The number of rotatable bonds is 5. The van der Waals surface area contributed by atoms with Gasteiger partial charge in [-0.15, -0.1) is 0 Å². The molecular weight excluding hydrogens is 224 g/mol. The highest BCUT2D eigenvalue weighted by atomic mass is 15.4. The predicted molar refractivity (Wildman–Crippen MR) is 78.3 cm³/mol. The molecule has 0 saturated heterocycles. The minimum Gasteiger partial charge on any atom is -0.339 e. The Hall–Kier alpha value is -0.770. The van der Waals surface area contributed by atoms with E-state index >= 15 is 0 Å². The molecule has 4 nitrogen and oxygen atoms in total. The quantitative estimate of drug-likeness (QED) is 0.343. The fourth-order valence-corrected chi connectivity index (χ4v) is 2.51. The molecule has 1 saturated carbocycles. The summed E-state index contributed by atoms with van der Waals surface area (Å²) in [7, 11) is 0. The summed E-state index contributed by atoms with van der Waals surface area (Å²) in [5, 5.41) is 0.